The molecule has 3 nitrogen and oxygen atoms in total. The lowest BCUT2D eigenvalue weighted by molar-refractivity contribution is 0.314. The maximum Gasteiger partial charge on any atom is 0.122 e. The van der Waals surface area contributed by atoms with Crippen LogP contribution in [0.15, 0.2) is 34.7 Å². The van der Waals surface area contributed by atoms with Gasteiger partial charge in [0.05, 0.1) is 6.61 Å². The van der Waals surface area contributed by atoms with Crippen molar-refractivity contribution in [3.63, 3.8) is 0 Å². The summed E-state index contributed by atoms with van der Waals surface area (Å²) in [5.74, 6) is 2.97. The summed E-state index contributed by atoms with van der Waals surface area (Å²) < 4.78 is 11.3. The topological polar surface area (TPSA) is 48.4 Å². The molecule has 2 atom stereocenters. The molecule has 2 N–H and O–H groups in total. The number of ether oxygens (including phenoxy) is 1. The van der Waals surface area contributed by atoms with Crippen molar-refractivity contribution in [3.05, 3.63) is 53.0 Å². The van der Waals surface area contributed by atoms with Crippen molar-refractivity contribution >= 4 is 0 Å². The van der Waals surface area contributed by atoms with Crippen LogP contribution in [0.1, 0.15) is 34.6 Å². The third-order valence-corrected chi connectivity index (χ3v) is 3.61. The second-order valence-corrected chi connectivity index (χ2v) is 4.85. The third kappa shape index (κ3) is 1.71. The fourth-order valence-corrected chi connectivity index (χ4v) is 2.68. The molecule has 2 heterocycles. The molecule has 1 aliphatic rings. The summed E-state index contributed by atoms with van der Waals surface area (Å²) in [6.45, 7) is 4.55. The van der Waals surface area contributed by atoms with Gasteiger partial charge in [-0.1, -0.05) is 18.2 Å². The van der Waals surface area contributed by atoms with Crippen LogP contribution >= 0.6 is 0 Å². The molecule has 94 valence electrons. The summed E-state index contributed by atoms with van der Waals surface area (Å²) in [5.41, 5.74) is 8.67. The first-order valence-electron chi connectivity index (χ1n) is 6.21. The fraction of sp³-hybridized carbons (Fsp3) is 0.333. The Bertz CT molecular complexity index is 574. The van der Waals surface area contributed by atoms with Gasteiger partial charge in [-0.15, -0.1) is 0 Å². The molecule has 0 aliphatic carbocycles. The number of aryl methyl sites for hydroxylation is 2. The Hall–Kier alpha value is -1.74. The number of nitrogens with two attached hydrogens (primary N) is 1. The van der Waals surface area contributed by atoms with E-state index in [1.165, 1.54) is 5.56 Å². The van der Waals surface area contributed by atoms with E-state index in [0.29, 0.717) is 6.61 Å². The molecule has 18 heavy (non-hydrogen) atoms. The van der Waals surface area contributed by atoms with Gasteiger partial charge in [0.1, 0.15) is 17.3 Å². The molecule has 2 unspecified atom stereocenters. The van der Waals surface area contributed by atoms with E-state index in [9.17, 15) is 0 Å². The Morgan fingerprint density at radius 2 is 2.06 bits per heavy atom. The smallest absolute Gasteiger partial charge is 0.122 e. The minimum Gasteiger partial charge on any atom is -0.493 e. The second kappa shape index (κ2) is 4.18. The maximum absolute atomic E-state index is 6.39. The fourth-order valence-electron chi connectivity index (χ4n) is 2.68. The highest BCUT2D eigenvalue weighted by molar-refractivity contribution is 5.42. The minimum atomic E-state index is -0.0777. The Morgan fingerprint density at radius 3 is 2.78 bits per heavy atom. The summed E-state index contributed by atoms with van der Waals surface area (Å²) >= 11 is 0. The van der Waals surface area contributed by atoms with Gasteiger partial charge in [-0.25, -0.2) is 0 Å². The van der Waals surface area contributed by atoms with Crippen LogP contribution in [0.3, 0.4) is 0 Å². The van der Waals surface area contributed by atoms with Crippen molar-refractivity contribution in [2.75, 3.05) is 6.61 Å². The Morgan fingerprint density at radius 1 is 1.28 bits per heavy atom. The third-order valence-electron chi connectivity index (χ3n) is 3.61. The number of hydrogen-bond donors (Lipinski definition) is 1. The lowest BCUT2D eigenvalue weighted by atomic mass is 9.89. The van der Waals surface area contributed by atoms with Crippen LogP contribution in [0.2, 0.25) is 0 Å². The SMILES string of the molecule is Cc1cc(C(N)C2COc3ccccc32)c(C)o1. The molecule has 0 saturated carbocycles. The normalized spacial score (nSPS) is 19.4. The predicted octanol–water partition coefficient (Wildman–Crippen LogP) is 3.07. The molecular weight excluding hydrogens is 226 g/mol. The summed E-state index contributed by atoms with van der Waals surface area (Å²) in [4.78, 5) is 0. The van der Waals surface area contributed by atoms with Crippen LogP contribution in [-0.2, 0) is 0 Å². The van der Waals surface area contributed by atoms with E-state index in [0.717, 1.165) is 22.8 Å². The summed E-state index contributed by atoms with van der Waals surface area (Å²) in [6.07, 6.45) is 0. The first kappa shape index (κ1) is 11.4. The number of rotatable bonds is 2. The second-order valence-electron chi connectivity index (χ2n) is 4.85. The van der Waals surface area contributed by atoms with Crippen molar-refractivity contribution in [3.8, 4) is 5.75 Å². The Labute approximate surface area is 107 Å². The average molecular weight is 243 g/mol. The molecular formula is C15H17NO2. The molecule has 0 bridgehead atoms. The Balaban J connectivity index is 1.95. The van der Waals surface area contributed by atoms with E-state index in [1.54, 1.807) is 0 Å². The lowest BCUT2D eigenvalue weighted by Gasteiger charge is -2.17. The Kier molecular flexibility index (Phi) is 2.63. The number of furan rings is 1. The van der Waals surface area contributed by atoms with Crippen LogP contribution in [0.25, 0.3) is 0 Å². The van der Waals surface area contributed by atoms with Crippen molar-refractivity contribution in [2.24, 2.45) is 5.73 Å². The predicted molar refractivity (Wildman–Crippen MR) is 69.8 cm³/mol. The first-order chi connectivity index (χ1) is 8.66. The summed E-state index contributed by atoms with van der Waals surface area (Å²) in [7, 11) is 0. The van der Waals surface area contributed by atoms with Crippen molar-refractivity contribution in [2.45, 2.75) is 25.8 Å². The van der Waals surface area contributed by atoms with Gasteiger partial charge < -0.3 is 14.9 Å². The van der Waals surface area contributed by atoms with Gasteiger partial charge in [0, 0.05) is 23.1 Å². The monoisotopic (exact) mass is 243 g/mol. The van der Waals surface area contributed by atoms with Crippen molar-refractivity contribution in [1.29, 1.82) is 0 Å². The highest BCUT2D eigenvalue weighted by Gasteiger charge is 2.31. The van der Waals surface area contributed by atoms with Crippen molar-refractivity contribution < 1.29 is 9.15 Å². The lowest BCUT2D eigenvalue weighted by Crippen LogP contribution is -2.21. The molecule has 1 aliphatic heterocycles. The van der Waals surface area contributed by atoms with Crippen LogP contribution in [0, 0.1) is 13.8 Å². The van der Waals surface area contributed by atoms with E-state index in [-0.39, 0.29) is 12.0 Å². The van der Waals surface area contributed by atoms with Gasteiger partial charge in [0.25, 0.3) is 0 Å². The molecule has 0 fully saturated rings. The van der Waals surface area contributed by atoms with Crippen LogP contribution in [0.5, 0.6) is 5.75 Å². The molecule has 3 heteroatoms. The quantitative estimate of drug-likeness (QED) is 0.881. The van der Waals surface area contributed by atoms with Gasteiger partial charge in [0.15, 0.2) is 0 Å². The molecule has 0 radical (unpaired) electrons. The van der Waals surface area contributed by atoms with E-state index < -0.39 is 0 Å². The van der Waals surface area contributed by atoms with Gasteiger partial charge in [-0.05, 0) is 26.0 Å². The first-order valence-corrected chi connectivity index (χ1v) is 6.21. The molecule has 0 saturated heterocycles. The minimum absolute atomic E-state index is 0.0777. The van der Waals surface area contributed by atoms with Gasteiger partial charge in [-0.3, -0.25) is 0 Å². The summed E-state index contributed by atoms with van der Waals surface area (Å²) in [6, 6.07) is 10.1. The molecule has 2 aromatic rings. The zero-order chi connectivity index (χ0) is 12.7. The van der Waals surface area contributed by atoms with Crippen LogP contribution in [-0.4, -0.2) is 6.61 Å². The van der Waals surface area contributed by atoms with Crippen LogP contribution in [0.4, 0.5) is 0 Å². The van der Waals surface area contributed by atoms with Crippen molar-refractivity contribution in [1.82, 2.24) is 0 Å². The molecule has 1 aromatic carbocycles. The standard InChI is InChI=1S/C15H17NO2/c1-9-7-12(10(2)18-9)15(16)13-8-17-14-6-4-3-5-11(13)14/h3-7,13,15H,8,16H2,1-2H3. The molecule has 3 rings (SSSR count). The zero-order valence-electron chi connectivity index (χ0n) is 10.6. The maximum atomic E-state index is 6.39. The van der Waals surface area contributed by atoms with Crippen LogP contribution < -0.4 is 10.5 Å². The largest absolute Gasteiger partial charge is 0.493 e. The number of benzene rings is 1. The van der Waals surface area contributed by atoms with Gasteiger partial charge in [0.2, 0.25) is 0 Å². The molecule has 1 aromatic heterocycles. The molecule has 0 spiro atoms. The van der Waals surface area contributed by atoms with E-state index in [4.69, 9.17) is 14.9 Å². The van der Waals surface area contributed by atoms with E-state index in [2.05, 4.69) is 6.07 Å². The zero-order valence-corrected chi connectivity index (χ0v) is 10.6. The summed E-state index contributed by atoms with van der Waals surface area (Å²) in [5, 5.41) is 0. The highest BCUT2D eigenvalue weighted by Crippen LogP contribution is 2.41. The number of fused-ring (bicyclic) bond motifs is 1. The number of para-hydroxylation sites is 1. The average Bonchev–Trinajstić information content (AvgIpc) is 2.92. The highest BCUT2D eigenvalue weighted by atomic mass is 16.5. The molecule has 0 amide bonds. The van der Waals surface area contributed by atoms with Gasteiger partial charge in [-0.2, -0.15) is 0 Å². The van der Waals surface area contributed by atoms with Gasteiger partial charge >= 0.3 is 0 Å². The van der Waals surface area contributed by atoms with E-state index in [1.807, 2.05) is 38.1 Å². The number of hydrogen-bond acceptors (Lipinski definition) is 3. The van der Waals surface area contributed by atoms with E-state index >= 15 is 0 Å².